The molecule has 2 aliphatic carbocycles. The predicted molar refractivity (Wildman–Crippen MR) is 116 cm³/mol. The van der Waals surface area contributed by atoms with Crippen molar-refractivity contribution in [3.8, 4) is 0 Å². The topological polar surface area (TPSA) is 83.0 Å². The molecule has 2 aliphatic heterocycles. The van der Waals surface area contributed by atoms with Gasteiger partial charge in [-0.25, -0.2) is 4.79 Å². The second-order valence-corrected chi connectivity index (χ2v) is 9.93. The Labute approximate surface area is 183 Å². The number of aryl methyl sites for hydroxylation is 1. The van der Waals surface area contributed by atoms with Crippen LogP contribution in [0.4, 0.5) is 10.5 Å². The second-order valence-electron chi connectivity index (χ2n) is 9.93. The van der Waals surface area contributed by atoms with E-state index < -0.39 is 0 Å². The van der Waals surface area contributed by atoms with Gasteiger partial charge < -0.3 is 14.7 Å². The molecule has 2 amide bonds. The molecular weight excluding hydrogens is 394 g/mol. The predicted octanol–water partition coefficient (Wildman–Crippen LogP) is 3.53. The van der Waals surface area contributed by atoms with Gasteiger partial charge in [0.2, 0.25) is 5.91 Å². The Kier molecular flexibility index (Phi) is 5.40. The highest BCUT2D eigenvalue weighted by Crippen LogP contribution is 2.50. The molecular formula is C24H33N3O4. The van der Waals surface area contributed by atoms with Crippen LogP contribution in [0.15, 0.2) is 12.3 Å². The Hall–Kier alpha value is -2.15. The summed E-state index contributed by atoms with van der Waals surface area (Å²) >= 11 is 0. The number of carbonyl (C=O) groups is 2. The van der Waals surface area contributed by atoms with E-state index in [1.54, 1.807) is 11.1 Å². The minimum atomic E-state index is -0.301. The zero-order chi connectivity index (χ0) is 21.6. The molecule has 1 spiro atoms. The summed E-state index contributed by atoms with van der Waals surface area (Å²) in [6, 6.07) is 2.36. The fourth-order valence-corrected chi connectivity index (χ4v) is 6.25. The number of amides is 2. The number of ether oxygens (including phenoxy) is 1. The summed E-state index contributed by atoms with van der Waals surface area (Å²) in [5.74, 6) is 0.733. The molecule has 7 heteroatoms. The Morgan fingerprint density at radius 2 is 1.81 bits per heavy atom. The maximum atomic E-state index is 13.4. The molecule has 31 heavy (non-hydrogen) atoms. The van der Waals surface area contributed by atoms with Gasteiger partial charge in [-0.1, -0.05) is 0 Å². The van der Waals surface area contributed by atoms with E-state index in [4.69, 9.17) is 9.72 Å². The van der Waals surface area contributed by atoms with Crippen molar-refractivity contribution in [3.05, 3.63) is 23.5 Å². The van der Waals surface area contributed by atoms with Crippen LogP contribution in [0.1, 0.15) is 75.0 Å². The van der Waals surface area contributed by atoms with Crippen molar-refractivity contribution >= 4 is 17.7 Å². The third-order valence-corrected chi connectivity index (χ3v) is 8.16. The third-order valence-electron chi connectivity index (χ3n) is 8.16. The summed E-state index contributed by atoms with van der Waals surface area (Å²) in [6.45, 7) is 3.94. The minimum Gasteiger partial charge on any atom is -0.447 e. The van der Waals surface area contributed by atoms with Gasteiger partial charge in [0.05, 0.1) is 29.9 Å². The molecule has 7 nitrogen and oxygen atoms in total. The standard InChI is InChI=1S/C24H33N3O4/c1-16-14-19(27-12-13-31-23(27)30)15-25-21(16)17-6-8-24(9-7-17)10-11-26(22(24)29)18-2-4-20(28)5-3-18/h14-15,17-18,20,28H,2-13H2,1H3. The lowest BCUT2D eigenvalue weighted by atomic mass is 9.68. The summed E-state index contributed by atoms with van der Waals surface area (Å²) in [4.78, 5) is 33.7. The zero-order valence-electron chi connectivity index (χ0n) is 18.4. The molecule has 4 fully saturated rings. The van der Waals surface area contributed by atoms with E-state index >= 15 is 0 Å². The van der Waals surface area contributed by atoms with Gasteiger partial charge in [0, 0.05) is 24.2 Å². The number of aromatic nitrogens is 1. The average molecular weight is 428 g/mol. The largest absolute Gasteiger partial charge is 0.447 e. The van der Waals surface area contributed by atoms with Crippen LogP contribution in [0.2, 0.25) is 0 Å². The van der Waals surface area contributed by atoms with Crippen molar-refractivity contribution in [1.82, 2.24) is 9.88 Å². The number of aliphatic hydroxyl groups is 1. The van der Waals surface area contributed by atoms with Crippen molar-refractivity contribution in [3.63, 3.8) is 0 Å². The maximum absolute atomic E-state index is 13.4. The molecule has 1 aromatic rings. The molecule has 2 saturated carbocycles. The van der Waals surface area contributed by atoms with E-state index in [1.807, 2.05) is 6.07 Å². The molecule has 0 aromatic carbocycles. The minimum absolute atomic E-state index is 0.181. The van der Waals surface area contributed by atoms with Gasteiger partial charge in [0.15, 0.2) is 0 Å². The van der Waals surface area contributed by atoms with Crippen molar-refractivity contribution in [2.45, 2.75) is 82.8 Å². The van der Waals surface area contributed by atoms with Crippen LogP contribution >= 0.6 is 0 Å². The van der Waals surface area contributed by atoms with E-state index in [0.29, 0.717) is 31.0 Å². The lowest BCUT2D eigenvalue weighted by Gasteiger charge is -2.38. The Bertz CT molecular complexity index is 856. The summed E-state index contributed by atoms with van der Waals surface area (Å²) in [5, 5.41) is 9.79. The van der Waals surface area contributed by atoms with Gasteiger partial charge in [-0.3, -0.25) is 14.7 Å². The monoisotopic (exact) mass is 427 g/mol. The van der Waals surface area contributed by atoms with Crippen molar-refractivity contribution in [2.24, 2.45) is 5.41 Å². The van der Waals surface area contributed by atoms with E-state index in [-0.39, 0.29) is 17.6 Å². The number of hydrogen-bond acceptors (Lipinski definition) is 5. The van der Waals surface area contributed by atoms with Crippen LogP contribution in [-0.4, -0.2) is 58.8 Å². The lowest BCUT2D eigenvalue weighted by Crippen LogP contribution is -2.44. The quantitative estimate of drug-likeness (QED) is 0.798. The number of pyridine rings is 1. The van der Waals surface area contributed by atoms with Crippen molar-refractivity contribution in [1.29, 1.82) is 0 Å². The summed E-state index contributed by atoms with van der Waals surface area (Å²) < 4.78 is 5.04. The number of anilines is 1. The van der Waals surface area contributed by atoms with Crippen LogP contribution in [0.5, 0.6) is 0 Å². The van der Waals surface area contributed by atoms with Gasteiger partial charge in [-0.2, -0.15) is 0 Å². The van der Waals surface area contributed by atoms with E-state index in [9.17, 15) is 14.7 Å². The van der Waals surface area contributed by atoms with Crippen LogP contribution < -0.4 is 4.90 Å². The van der Waals surface area contributed by atoms with Crippen molar-refractivity contribution < 1.29 is 19.4 Å². The molecule has 2 saturated heterocycles. The molecule has 3 heterocycles. The maximum Gasteiger partial charge on any atom is 0.414 e. The number of nitrogens with zero attached hydrogens (tertiary/aromatic N) is 3. The molecule has 0 bridgehead atoms. The molecule has 4 aliphatic rings. The normalized spacial score (nSPS) is 33.9. The van der Waals surface area contributed by atoms with Crippen LogP contribution in [0.3, 0.4) is 0 Å². The Balaban J connectivity index is 1.23. The highest BCUT2D eigenvalue weighted by atomic mass is 16.6. The molecule has 0 atom stereocenters. The fourth-order valence-electron chi connectivity index (χ4n) is 6.25. The van der Waals surface area contributed by atoms with Gasteiger partial charge in [-0.05, 0) is 76.3 Å². The summed E-state index contributed by atoms with van der Waals surface area (Å²) in [5.41, 5.74) is 2.84. The fraction of sp³-hybridized carbons (Fsp3) is 0.708. The lowest BCUT2D eigenvalue weighted by molar-refractivity contribution is -0.140. The number of aliphatic hydroxyl groups excluding tert-OH is 1. The first-order valence-corrected chi connectivity index (χ1v) is 11.9. The first-order valence-electron chi connectivity index (χ1n) is 11.9. The molecule has 0 unspecified atom stereocenters. The van der Waals surface area contributed by atoms with E-state index in [1.165, 1.54) is 0 Å². The van der Waals surface area contributed by atoms with Gasteiger partial charge >= 0.3 is 6.09 Å². The second kappa shape index (κ2) is 8.08. The number of cyclic esters (lactones) is 1. The Morgan fingerprint density at radius 1 is 1.06 bits per heavy atom. The first-order chi connectivity index (χ1) is 15.0. The molecule has 1 N–H and O–H groups in total. The Morgan fingerprint density at radius 3 is 2.45 bits per heavy atom. The molecule has 5 rings (SSSR count). The van der Waals surface area contributed by atoms with Gasteiger partial charge in [-0.15, -0.1) is 0 Å². The molecule has 1 aromatic heterocycles. The summed E-state index contributed by atoms with van der Waals surface area (Å²) in [7, 11) is 0. The number of hydrogen-bond donors (Lipinski definition) is 1. The van der Waals surface area contributed by atoms with Crippen LogP contribution in [0, 0.1) is 12.3 Å². The van der Waals surface area contributed by atoms with Crippen molar-refractivity contribution in [2.75, 3.05) is 24.6 Å². The van der Waals surface area contributed by atoms with Gasteiger partial charge in [0.25, 0.3) is 0 Å². The highest BCUT2D eigenvalue weighted by Gasteiger charge is 2.50. The zero-order valence-corrected chi connectivity index (χ0v) is 18.4. The molecule has 0 radical (unpaired) electrons. The summed E-state index contributed by atoms with van der Waals surface area (Å²) in [6.07, 6.45) is 9.63. The number of rotatable bonds is 3. The van der Waals surface area contributed by atoms with Crippen LogP contribution in [-0.2, 0) is 9.53 Å². The SMILES string of the molecule is Cc1cc(N2CCOC2=O)cnc1C1CCC2(CC1)CCN(C1CCC(O)CC1)C2=O. The smallest absolute Gasteiger partial charge is 0.414 e. The van der Waals surface area contributed by atoms with Crippen LogP contribution in [0.25, 0.3) is 0 Å². The van der Waals surface area contributed by atoms with E-state index in [0.717, 1.165) is 81.3 Å². The van der Waals surface area contributed by atoms with Gasteiger partial charge in [0.1, 0.15) is 6.61 Å². The van der Waals surface area contributed by atoms with E-state index in [2.05, 4.69) is 11.8 Å². The third kappa shape index (κ3) is 3.71. The average Bonchev–Trinajstić information content (AvgIpc) is 3.34. The number of carbonyl (C=O) groups excluding carboxylic acids is 2. The highest BCUT2D eigenvalue weighted by molar-refractivity contribution is 5.89. The molecule has 168 valence electrons. The number of likely N-dealkylation sites (tertiary alicyclic amines) is 1. The first kappa shape index (κ1) is 20.7.